The molecule has 1 atom stereocenters. The van der Waals surface area contributed by atoms with Crippen LogP contribution < -0.4 is 5.73 Å². The Morgan fingerprint density at radius 3 is 2.61 bits per heavy atom. The minimum atomic E-state index is -4.57. The van der Waals surface area contributed by atoms with Crippen LogP contribution in [0, 0.1) is 0 Å². The fraction of sp³-hybridized carbons (Fsp3) is 0.276. The van der Waals surface area contributed by atoms with E-state index in [2.05, 4.69) is 16.5 Å². The molecule has 0 bridgehead atoms. The quantitative estimate of drug-likeness (QED) is 0.214. The first-order valence-electron chi connectivity index (χ1n) is 13.0. The standard InChI is InChI=1S/C29H26ClF3N6O2/c1-2-24(41)38-13-3-4-20(15-38)39-28-25(27(34)35-16-36-28)26(37-39)18-8-5-17(6-9-18)7-12-23(40)21-14-19(29(31,32)33)10-11-22(21)30/h2,5-6,8-11,14,16,20H,1,3-4,7,12-13,15H2,(H2,34,35,36)/t20-/m1/s1. The van der Waals surface area contributed by atoms with Gasteiger partial charge in [-0.25, -0.2) is 14.6 Å². The van der Waals surface area contributed by atoms with Crippen molar-refractivity contribution in [3.8, 4) is 11.3 Å². The minimum absolute atomic E-state index is 0.0136. The molecule has 12 heteroatoms. The molecule has 2 aromatic carbocycles. The molecular weight excluding hydrogens is 557 g/mol. The van der Waals surface area contributed by atoms with Crippen LogP contribution in [-0.2, 0) is 17.4 Å². The highest BCUT2D eigenvalue weighted by atomic mass is 35.5. The number of nitrogen functional groups attached to an aromatic ring is 1. The number of likely N-dealkylation sites (tertiary alicyclic amines) is 1. The van der Waals surface area contributed by atoms with E-state index < -0.39 is 17.5 Å². The number of aryl methyl sites for hydroxylation is 1. The number of carbonyl (C=O) groups excluding carboxylic acids is 2. The first-order valence-corrected chi connectivity index (χ1v) is 13.3. The number of carbonyl (C=O) groups is 2. The van der Waals surface area contributed by atoms with Gasteiger partial charge in [0.15, 0.2) is 11.4 Å². The van der Waals surface area contributed by atoms with Crippen molar-refractivity contribution in [3.05, 3.63) is 83.2 Å². The Morgan fingerprint density at radius 1 is 1.15 bits per heavy atom. The van der Waals surface area contributed by atoms with Gasteiger partial charge in [0.2, 0.25) is 5.91 Å². The van der Waals surface area contributed by atoms with Crippen molar-refractivity contribution in [2.24, 2.45) is 0 Å². The third kappa shape index (κ3) is 5.81. The van der Waals surface area contributed by atoms with Gasteiger partial charge in [0.05, 0.1) is 22.0 Å². The lowest BCUT2D eigenvalue weighted by molar-refractivity contribution is -0.137. The lowest BCUT2D eigenvalue weighted by atomic mass is 9.99. The molecule has 212 valence electrons. The molecule has 1 aliphatic rings. The van der Waals surface area contributed by atoms with Gasteiger partial charge in [0, 0.05) is 30.6 Å². The van der Waals surface area contributed by atoms with Gasteiger partial charge in [-0.1, -0.05) is 42.4 Å². The molecule has 1 aliphatic heterocycles. The van der Waals surface area contributed by atoms with E-state index in [0.29, 0.717) is 36.2 Å². The topological polar surface area (TPSA) is 107 Å². The number of hydrogen-bond donors (Lipinski definition) is 1. The molecule has 3 heterocycles. The maximum atomic E-state index is 13.1. The van der Waals surface area contributed by atoms with Gasteiger partial charge in [-0.15, -0.1) is 0 Å². The highest BCUT2D eigenvalue weighted by Gasteiger charge is 2.32. The highest BCUT2D eigenvalue weighted by molar-refractivity contribution is 6.34. The molecule has 1 amide bonds. The van der Waals surface area contributed by atoms with Crippen LogP contribution in [0.3, 0.4) is 0 Å². The van der Waals surface area contributed by atoms with E-state index in [1.54, 1.807) is 9.58 Å². The van der Waals surface area contributed by atoms with E-state index >= 15 is 0 Å². The third-order valence-corrected chi connectivity index (χ3v) is 7.54. The summed E-state index contributed by atoms with van der Waals surface area (Å²) in [5.41, 5.74) is 7.89. The lowest BCUT2D eigenvalue weighted by Crippen LogP contribution is -2.40. The van der Waals surface area contributed by atoms with E-state index in [-0.39, 0.29) is 34.8 Å². The van der Waals surface area contributed by atoms with Crippen molar-refractivity contribution in [1.82, 2.24) is 24.6 Å². The van der Waals surface area contributed by atoms with E-state index in [4.69, 9.17) is 22.4 Å². The van der Waals surface area contributed by atoms with Crippen LogP contribution in [0.2, 0.25) is 5.02 Å². The van der Waals surface area contributed by atoms with Crippen molar-refractivity contribution in [3.63, 3.8) is 0 Å². The Balaban J connectivity index is 1.37. The van der Waals surface area contributed by atoms with Crippen LogP contribution >= 0.6 is 11.6 Å². The SMILES string of the molecule is C=CC(=O)N1CCC[C@@H](n2nc(-c3ccc(CCC(=O)c4cc(C(F)(F)F)ccc4Cl)cc3)c3c(N)ncnc32)C1. The molecule has 2 N–H and O–H groups in total. The Bertz CT molecular complexity index is 1630. The van der Waals surface area contributed by atoms with Crippen molar-refractivity contribution in [2.75, 3.05) is 18.8 Å². The van der Waals surface area contributed by atoms with E-state index in [1.807, 2.05) is 24.3 Å². The van der Waals surface area contributed by atoms with Crippen molar-refractivity contribution >= 4 is 40.1 Å². The number of fused-ring (bicyclic) bond motifs is 1. The van der Waals surface area contributed by atoms with E-state index in [1.165, 1.54) is 12.4 Å². The summed E-state index contributed by atoms with van der Waals surface area (Å²) in [6.45, 7) is 4.70. The van der Waals surface area contributed by atoms with Crippen molar-refractivity contribution in [2.45, 2.75) is 37.9 Å². The summed E-state index contributed by atoms with van der Waals surface area (Å²) in [5, 5.41) is 5.44. The Hall–Kier alpha value is -4.25. The second-order valence-electron chi connectivity index (χ2n) is 9.85. The number of rotatable bonds is 7. The number of nitrogens with two attached hydrogens (primary N) is 1. The lowest BCUT2D eigenvalue weighted by Gasteiger charge is -2.32. The number of benzene rings is 2. The van der Waals surface area contributed by atoms with Crippen LogP contribution in [0.4, 0.5) is 19.0 Å². The molecule has 8 nitrogen and oxygen atoms in total. The summed E-state index contributed by atoms with van der Waals surface area (Å²) in [4.78, 5) is 35.3. The smallest absolute Gasteiger partial charge is 0.383 e. The molecule has 0 radical (unpaired) electrons. The molecule has 1 saturated heterocycles. The van der Waals surface area contributed by atoms with Gasteiger partial charge in [-0.05, 0) is 49.1 Å². The van der Waals surface area contributed by atoms with Crippen LogP contribution in [0.15, 0.2) is 61.4 Å². The number of nitrogens with zero attached hydrogens (tertiary/aromatic N) is 5. The molecule has 0 spiro atoms. The number of amides is 1. The van der Waals surface area contributed by atoms with Crippen LogP contribution in [0.1, 0.15) is 46.8 Å². The zero-order valence-electron chi connectivity index (χ0n) is 21.9. The summed E-state index contributed by atoms with van der Waals surface area (Å²) in [6, 6.07) is 9.96. The largest absolute Gasteiger partial charge is 0.416 e. The number of piperidine rings is 1. The third-order valence-electron chi connectivity index (χ3n) is 7.21. The summed E-state index contributed by atoms with van der Waals surface area (Å²) in [7, 11) is 0. The molecule has 0 unspecified atom stereocenters. The number of anilines is 1. The number of ketones is 1. The Kier molecular flexibility index (Phi) is 7.81. The monoisotopic (exact) mass is 582 g/mol. The van der Waals surface area contributed by atoms with Gasteiger partial charge < -0.3 is 10.6 Å². The average Bonchev–Trinajstić information content (AvgIpc) is 3.36. The molecule has 1 fully saturated rings. The van der Waals surface area contributed by atoms with Crippen molar-refractivity contribution < 1.29 is 22.8 Å². The summed E-state index contributed by atoms with van der Waals surface area (Å²) in [5.74, 6) is -0.333. The zero-order chi connectivity index (χ0) is 29.3. The maximum absolute atomic E-state index is 13.1. The second kappa shape index (κ2) is 11.3. The van der Waals surface area contributed by atoms with E-state index in [0.717, 1.165) is 42.2 Å². The molecule has 41 heavy (non-hydrogen) atoms. The van der Waals surface area contributed by atoms with Crippen LogP contribution in [0.25, 0.3) is 22.3 Å². The van der Waals surface area contributed by atoms with Gasteiger partial charge in [0.1, 0.15) is 17.8 Å². The van der Waals surface area contributed by atoms with Gasteiger partial charge in [-0.2, -0.15) is 18.3 Å². The van der Waals surface area contributed by atoms with E-state index in [9.17, 15) is 22.8 Å². The Morgan fingerprint density at radius 2 is 1.90 bits per heavy atom. The van der Waals surface area contributed by atoms with Crippen molar-refractivity contribution in [1.29, 1.82) is 0 Å². The first kappa shape index (κ1) is 28.3. The normalized spacial score (nSPS) is 15.7. The van der Waals surface area contributed by atoms with Gasteiger partial charge in [0.25, 0.3) is 0 Å². The molecular formula is C29H26ClF3N6O2. The fourth-order valence-electron chi connectivity index (χ4n) is 5.07. The molecule has 0 aliphatic carbocycles. The molecule has 4 aromatic rings. The van der Waals surface area contributed by atoms with Gasteiger partial charge >= 0.3 is 6.18 Å². The summed E-state index contributed by atoms with van der Waals surface area (Å²) >= 11 is 6.02. The highest BCUT2D eigenvalue weighted by Crippen LogP contribution is 2.35. The average molecular weight is 583 g/mol. The first-order chi connectivity index (χ1) is 19.6. The Labute approximate surface area is 238 Å². The summed E-state index contributed by atoms with van der Waals surface area (Å²) < 4.78 is 41.1. The van der Waals surface area contributed by atoms with Gasteiger partial charge in [-0.3, -0.25) is 9.59 Å². The predicted octanol–water partition coefficient (Wildman–Crippen LogP) is 5.91. The number of alkyl halides is 3. The van der Waals surface area contributed by atoms with Crippen LogP contribution in [-0.4, -0.2) is 49.4 Å². The molecule has 5 rings (SSSR count). The number of halogens is 4. The number of Topliss-reactive ketones (excluding diaryl/α,β-unsaturated/α-hetero) is 1. The predicted molar refractivity (Wildman–Crippen MR) is 149 cm³/mol. The maximum Gasteiger partial charge on any atom is 0.416 e. The number of aromatic nitrogens is 4. The van der Waals surface area contributed by atoms with Crippen LogP contribution in [0.5, 0.6) is 0 Å². The molecule has 0 saturated carbocycles. The molecule has 2 aromatic heterocycles. The number of hydrogen-bond acceptors (Lipinski definition) is 6. The second-order valence-corrected chi connectivity index (χ2v) is 10.3. The summed E-state index contributed by atoms with van der Waals surface area (Å²) in [6.07, 6.45) is 0.0249. The fourth-order valence-corrected chi connectivity index (χ4v) is 5.30. The zero-order valence-corrected chi connectivity index (χ0v) is 22.6. The minimum Gasteiger partial charge on any atom is -0.383 e.